The molecule has 0 bridgehead atoms. The third kappa shape index (κ3) is 5.42. The summed E-state index contributed by atoms with van der Waals surface area (Å²) >= 11 is 0. The van der Waals surface area contributed by atoms with Crippen LogP contribution in [0.1, 0.15) is 39.0 Å². The van der Waals surface area contributed by atoms with Crippen LogP contribution < -0.4 is 11.1 Å². The van der Waals surface area contributed by atoms with Crippen molar-refractivity contribution >= 4 is 11.8 Å². The highest BCUT2D eigenvalue weighted by molar-refractivity contribution is 5.88. The Bertz CT molecular complexity index is 393. The maximum atomic E-state index is 12.5. The lowest BCUT2D eigenvalue weighted by Crippen LogP contribution is -2.69. The second-order valence-corrected chi connectivity index (χ2v) is 6.00. The van der Waals surface area contributed by atoms with Crippen LogP contribution in [0.15, 0.2) is 0 Å². The first-order valence-corrected chi connectivity index (χ1v) is 8.18. The maximum absolute atomic E-state index is 12.5. The molecule has 0 spiro atoms. The Kier molecular flexibility index (Phi) is 8.46. The number of hydrogen-bond donors (Lipinski definition) is 5. The predicted octanol–water partition coefficient (Wildman–Crippen LogP) is -1.67. The predicted molar refractivity (Wildman–Crippen MR) is 84.3 cm³/mol. The maximum Gasteiger partial charge on any atom is 0.248 e. The van der Waals surface area contributed by atoms with Gasteiger partial charge in [-0.3, -0.25) is 9.59 Å². The average molecular weight is 331 g/mol. The molecule has 1 rings (SSSR count). The molecular formula is C15H29N3O5. The zero-order valence-corrected chi connectivity index (χ0v) is 13.6. The molecule has 1 fully saturated rings. The first-order chi connectivity index (χ1) is 10.9. The number of aliphatic hydroxyl groups is 3. The second kappa shape index (κ2) is 9.82. The highest BCUT2D eigenvalue weighted by Crippen LogP contribution is 2.21. The van der Waals surface area contributed by atoms with Crippen LogP contribution in [-0.2, 0) is 9.59 Å². The molecule has 1 aliphatic heterocycles. The average Bonchev–Trinajstić information content (AvgIpc) is 2.51. The van der Waals surface area contributed by atoms with E-state index in [0.29, 0.717) is 13.1 Å². The smallest absolute Gasteiger partial charge is 0.248 e. The van der Waals surface area contributed by atoms with Gasteiger partial charge in [-0.2, -0.15) is 0 Å². The molecule has 0 aromatic heterocycles. The first-order valence-electron chi connectivity index (χ1n) is 8.18. The van der Waals surface area contributed by atoms with E-state index in [2.05, 4.69) is 5.32 Å². The van der Waals surface area contributed by atoms with E-state index in [9.17, 15) is 24.9 Å². The summed E-state index contributed by atoms with van der Waals surface area (Å²) in [7, 11) is 0. The van der Waals surface area contributed by atoms with Crippen LogP contribution in [0.4, 0.5) is 0 Å². The van der Waals surface area contributed by atoms with Crippen LogP contribution in [0, 0.1) is 0 Å². The third-order valence-electron chi connectivity index (χ3n) is 4.18. The van der Waals surface area contributed by atoms with Crippen molar-refractivity contribution in [3.05, 3.63) is 0 Å². The summed E-state index contributed by atoms with van der Waals surface area (Å²) in [4.78, 5) is 25.0. The van der Waals surface area contributed by atoms with E-state index in [1.165, 1.54) is 11.8 Å². The molecule has 23 heavy (non-hydrogen) atoms. The normalized spacial score (nSPS) is 28.0. The lowest BCUT2D eigenvalue weighted by atomic mass is 9.91. The summed E-state index contributed by atoms with van der Waals surface area (Å²) in [6.07, 6.45) is 1.91. The number of nitrogens with zero attached hydrogens (tertiary/aromatic N) is 1. The Labute approximate surface area is 136 Å². The summed E-state index contributed by atoms with van der Waals surface area (Å²) in [6.45, 7) is 1.84. The zero-order chi connectivity index (χ0) is 17.4. The quantitative estimate of drug-likeness (QED) is 0.320. The highest BCUT2D eigenvalue weighted by atomic mass is 16.3. The summed E-state index contributed by atoms with van der Waals surface area (Å²) in [5.41, 5.74) is 5.43. The van der Waals surface area contributed by atoms with E-state index in [1.54, 1.807) is 0 Å². The van der Waals surface area contributed by atoms with Gasteiger partial charge in [-0.05, 0) is 19.4 Å². The van der Waals surface area contributed by atoms with Crippen molar-refractivity contribution in [3.63, 3.8) is 0 Å². The Morgan fingerprint density at radius 1 is 1.17 bits per heavy atom. The number of carbonyl (C=O) groups excluding carboxylic acids is 2. The van der Waals surface area contributed by atoms with Crippen molar-refractivity contribution in [3.8, 4) is 0 Å². The van der Waals surface area contributed by atoms with Crippen LogP contribution in [0.2, 0.25) is 0 Å². The molecule has 0 unspecified atom stereocenters. The summed E-state index contributed by atoms with van der Waals surface area (Å²) < 4.78 is 0. The van der Waals surface area contributed by atoms with E-state index in [1.807, 2.05) is 0 Å². The molecular weight excluding hydrogens is 302 g/mol. The van der Waals surface area contributed by atoms with Crippen molar-refractivity contribution in [2.24, 2.45) is 5.73 Å². The van der Waals surface area contributed by atoms with Gasteiger partial charge in [0.2, 0.25) is 11.8 Å². The van der Waals surface area contributed by atoms with Gasteiger partial charge in [0, 0.05) is 13.5 Å². The molecule has 0 saturated carbocycles. The van der Waals surface area contributed by atoms with Crippen molar-refractivity contribution < 1.29 is 24.9 Å². The number of nitrogens with two attached hydrogens (primary N) is 1. The molecule has 2 amide bonds. The number of nitrogens with one attached hydrogen (secondary N) is 1. The van der Waals surface area contributed by atoms with Crippen LogP contribution in [0.5, 0.6) is 0 Å². The van der Waals surface area contributed by atoms with Gasteiger partial charge in [-0.1, -0.05) is 19.3 Å². The molecule has 8 nitrogen and oxygen atoms in total. The Balaban J connectivity index is 2.64. The number of likely N-dealkylation sites (tertiary alicyclic amines) is 1. The minimum absolute atomic E-state index is 0.368. The molecule has 6 N–H and O–H groups in total. The van der Waals surface area contributed by atoms with Crippen molar-refractivity contribution in [2.45, 2.75) is 63.3 Å². The molecule has 0 aliphatic carbocycles. The monoisotopic (exact) mass is 331 g/mol. The van der Waals surface area contributed by atoms with E-state index < -0.39 is 42.7 Å². The first kappa shape index (κ1) is 19.8. The molecule has 0 aromatic carbocycles. The number of amides is 2. The molecule has 0 radical (unpaired) electrons. The van der Waals surface area contributed by atoms with Gasteiger partial charge in [-0.25, -0.2) is 0 Å². The number of hydrogen-bond acceptors (Lipinski definition) is 6. The zero-order valence-electron chi connectivity index (χ0n) is 13.6. The summed E-state index contributed by atoms with van der Waals surface area (Å²) in [5.74, 6) is -0.933. The fraction of sp³-hybridized carbons (Fsp3) is 0.867. The van der Waals surface area contributed by atoms with Crippen molar-refractivity contribution in [1.82, 2.24) is 10.2 Å². The van der Waals surface area contributed by atoms with E-state index in [4.69, 9.17) is 5.73 Å². The standard InChI is InChI=1S/C15H29N3O5/c1-10(20)17-12-14(22)13(21)11(9-19)18(15(12)23)8-6-4-2-3-5-7-16/h11-14,19,21-22H,2-9,16H2,1H3,(H,17,20)/t11-,12-,13-,14-/m1/s1. The van der Waals surface area contributed by atoms with Crippen LogP contribution in [0.3, 0.4) is 0 Å². The van der Waals surface area contributed by atoms with E-state index >= 15 is 0 Å². The Morgan fingerprint density at radius 3 is 2.35 bits per heavy atom. The molecule has 4 atom stereocenters. The fourth-order valence-electron chi connectivity index (χ4n) is 2.90. The highest BCUT2D eigenvalue weighted by Gasteiger charge is 2.47. The number of aliphatic hydroxyl groups excluding tert-OH is 3. The molecule has 134 valence electrons. The number of rotatable bonds is 9. The van der Waals surface area contributed by atoms with Gasteiger partial charge in [0.25, 0.3) is 0 Å². The topological polar surface area (TPSA) is 136 Å². The molecule has 1 aliphatic rings. The Hall–Kier alpha value is -1.22. The largest absolute Gasteiger partial charge is 0.394 e. The SMILES string of the molecule is CC(=O)N[C@H]1C(=O)N(CCCCCCCN)[C@H](CO)[C@@H](O)[C@@H]1O. The lowest BCUT2D eigenvalue weighted by Gasteiger charge is -2.44. The Morgan fingerprint density at radius 2 is 1.78 bits per heavy atom. The van der Waals surface area contributed by atoms with Gasteiger partial charge < -0.3 is 31.3 Å². The summed E-state index contributed by atoms with van der Waals surface area (Å²) in [6, 6.07) is -2.03. The molecule has 1 saturated heterocycles. The number of piperidine rings is 1. The minimum atomic E-state index is -1.43. The van der Waals surface area contributed by atoms with Gasteiger partial charge in [-0.15, -0.1) is 0 Å². The van der Waals surface area contributed by atoms with Crippen LogP contribution >= 0.6 is 0 Å². The third-order valence-corrected chi connectivity index (χ3v) is 4.18. The van der Waals surface area contributed by atoms with Crippen LogP contribution in [0.25, 0.3) is 0 Å². The number of unbranched alkanes of at least 4 members (excludes halogenated alkanes) is 4. The van der Waals surface area contributed by atoms with Gasteiger partial charge >= 0.3 is 0 Å². The van der Waals surface area contributed by atoms with E-state index in [-0.39, 0.29) is 0 Å². The second-order valence-electron chi connectivity index (χ2n) is 6.00. The van der Waals surface area contributed by atoms with Gasteiger partial charge in [0.1, 0.15) is 18.2 Å². The summed E-state index contributed by atoms with van der Waals surface area (Å²) in [5, 5.41) is 31.9. The molecule has 0 aromatic rings. The minimum Gasteiger partial charge on any atom is -0.394 e. The van der Waals surface area contributed by atoms with Crippen LogP contribution in [-0.4, -0.2) is 76.0 Å². The molecule has 8 heteroatoms. The van der Waals surface area contributed by atoms with Crippen molar-refractivity contribution in [1.29, 1.82) is 0 Å². The molecule has 1 heterocycles. The van der Waals surface area contributed by atoms with Crippen molar-refractivity contribution in [2.75, 3.05) is 19.7 Å². The van der Waals surface area contributed by atoms with Gasteiger partial charge in [0.05, 0.1) is 12.6 Å². The lowest BCUT2D eigenvalue weighted by molar-refractivity contribution is -0.163. The van der Waals surface area contributed by atoms with Gasteiger partial charge in [0.15, 0.2) is 0 Å². The fourth-order valence-corrected chi connectivity index (χ4v) is 2.90. The number of carbonyl (C=O) groups is 2. The van der Waals surface area contributed by atoms with E-state index in [0.717, 1.165) is 32.1 Å².